The highest BCUT2D eigenvalue weighted by molar-refractivity contribution is 5.74. The molecule has 1 saturated heterocycles. The summed E-state index contributed by atoms with van der Waals surface area (Å²) in [7, 11) is 3.79. The van der Waals surface area contributed by atoms with Crippen LogP contribution in [-0.4, -0.2) is 26.7 Å². The van der Waals surface area contributed by atoms with Crippen molar-refractivity contribution in [3.8, 4) is 22.9 Å². The first-order chi connectivity index (χ1) is 14.4. The van der Waals surface area contributed by atoms with Gasteiger partial charge in [-0.3, -0.25) is 9.58 Å². The van der Waals surface area contributed by atoms with E-state index in [0.717, 1.165) is 34.4 Å². The van der Waals surface area contributed by atoms with Gasteiger partial charge in [-0.2, -0.15) is 10.4 Å². The Morgan fingerprint density at radius 2 is 2.03 bits per heavy atom. The monoisotopic (exact) mass is 404 g/mol. The van der Waals surface area contributed by atoms with Gasteiger partial charge >= 0.3 is 0 Å². The predicted molar refractivity (Wildman–Crippen MR) is 109 cm³/mol. The van der Waals surface area contributed by atoms with E-state index in [-0.39, 0.29) is 23.7 Å². The summed E-state index contributed by atoms with van der Waals surface area (Å²) in [5, 5.41) is 14.4. The fraction of sp³-hybridized carbons (Fsp3) is 0.318. The van der Waals surface area contributed by atoms with Crippen LogP contribution in [0.1, 0.15) is 54.0 Å². The number of rotatable bonds is 0. The van der Waals surface area contributed by atoms with E-state index in [1.807, 2.05) is 20.0 Å². The third-order valence-corrected chi connectivity index (χ3v) is 6.25. The van der Waals surface area contributed by atoms with Gasteiger partial charge < -0.3 is 10.5 Å². The molecule has 0 saturated carbocycles. The van der Waals surface area contributed by atoms with E-state index in [0.29, 0.717) is 11.4 Å². The molecule has 0 amide bonds. The summed E-state index contributed by atoms with van der Waals surface area (Å²) < 4.78 is 21.9. The van der Waals surface area contributed by atoms with Crippen molar-refractivity contribution in [2.75, 3.05) is 12.8 Å². The molecule has 30 heavy (non-hydrogen) atoms. The molecule has 1 aromatic carbocycles. The Hall–Kier alpha value is -3.44. The minimum atomic E-state index is -0.425. The molecule has 3 aromatic rings. The van der Waals surface area contributed by atoms with Crippen LogP contribution in [0, 0.1) is 17.1 Å². The molecule has 2 aromatic heterocycles. The van der Waals surface area contributed by atoms with Crippen molar-refractivity contribution in [3.63, 3.8) is 0 Å². The van der Waals surface area contributed by atoms with E-state index in [9.17, 15) is 9.65 Å². The van der Waals surface area contributed by atoms with E-state index in [4.69, 9.17) is 10.5 Å². The molecule has 1 fully saturated rings. The largest absolute Gasteiger partial charge is 0.482 e. The second kappa shape index (κ2) is 6.54. The Labute approximate surface area is 173 Å². The first-order valence-corrected chi connectivity index (χ1v) is 9.79. The molecule has 3 aliphatic heterocycles. The molecular weight excluding hydrogens is 383 g/mol. The highest BCUT2D eigenvalue weighted by Crippen LogP contribution is 2.51. The maximum atomic E-state index is 14.1. The second-order valence-electron chi connectivity index (χ2n) is 7.92. The van der Waals surface area contributed by atoms with Gasteiger partial charge in [0.05, 0.1) is 11.7 Å². The number of nitrogens with zero attached hydrogens (tertiary/aromatic N) is 5. The van der Waals surface area contributed by atoms with Gasteiger partial charge in [0.25, 0.3) is 0 Å². The second-order valence-corrected chi connectivity index (χ2v) is 7.92. The number of fused-ring (bicyclic) bond motifs is 1. The van der Waals surface area contributed by atoms with Crippen LogP contribution in [0.15, 0.2) is 30.5 Å². The summed E-state index contributed by atoms with van der Waals surface area (Å²) in [6.45, 7) is 1.88. The summed E-state index contributed by atoms with van der Waals surface area (Å²) in [6, 6.07) is 9.02. The average Bonchev–Trinajstić information content (AvgIpc) is 3.04. The summed E-state index contributed by atoms with van der Waals surface area (Å²) in [5.74, 6) is 0.337. The lowest BCUT2D eigenvalue weighted by molar-refractivity contribution is 0.0374. The van der Waals surface area contributed by atoms with E-state index in [2.05, 4.69) is 21.1 Å². The predicted octanol–water partition coefficient (Wildman–Crippen LogP) is 3.65. The molecule has 8 heteroatoms. The Morgan fingerprint density at radius 1 is 1.23 bits per heavy atom. The highest BCUT2D eigenvalue weighted by Gasteiger charge is 2.42. The van der Waals surface area contributed by atoms with Gasteiger partial charge in [-0.1, -0.05) is 6.07 Å². The SMILES string of the molecule is CC1Oc2cc(cnc2N)-c2c(nn(C)c2C#N)C2CC(c3ccc(F)cc31)N2C. The fourth-order valence-electron chi connectivity index (χ4n) is 4.61. The number of hydrogen-bond donors (Lipinski definition) is 1. The van der Waals surface area contributed by atoms with Crippen molar-refractivity contribution >= 4 is 5.82 Å². The first kappa shape index (κ1) is 18.6. The van der Waals surface area contributed by atoms with E-state index in [1.165, 1.54) is 12.1 Å². The van der Waals surface area contributed by atoms with Gasteiger partial charge in [0.15, 0.2) is 11.6 Å². The number of benzene rings is 1. The number of ether oxygens (including phenoxy) is 1. The number of aromatic nitrogens is 3. The lowest BCUT2D eigenvalue weighted by atomic mass is 9.81. The molecule has 5 heterocycles. The molecule has 3 atom stereocenters. The number of hydrogen-bond acceptors (Lipinski definition) is 6. The molecule has 0 radical (unpaired) electrons. The maximum absolute atomic E-state index is 14.1. The minimum Gasteiger partial charge on any atom is -0.482 e. The summed E-state index contributed by atoms with van der Waals surface area (Å²) in [6.07, 6.45) is 2.03. The molecule has 6 rings (SSSR count). The first-order valence-electron chi connectivity index (χ1n) is 9.79. The van der Waals surface area contributed by atoms with Gasteiger partial charge in [-0.25, -0.2) is 9.37 Å². The highest BCUT2D eigenvalue weighted by atomic mass is 19.1. The standard InChI is InChI=1S/C22H21FN6O/c1-11-15-7-13(23)4-5-14(15)16-8-17(28(16)2)21-20(18(9-24)29(3)27-21)12-6-19(30-11)22(25)26-10-12/h4-7,10-11,16-17H,8H2,1-3H3,(H2,25,26). The number of halogens is 1. The number of nitrogen functional groups attached to an aromatic ring is 1. The molecule has 0 aliphatic carbocycles. The van der Waals surface area contributed by atoms with Gasteiger partial charge in [0, 0.05) is 30.4 Å². The molecule has 3 unspecified atom stereocenters. The quantitative estimate of drug-likeness (QED) is 0.615. The number of anilines is 1. The number of nitriles is 1. The van der Waals surface area contributed by atoms with Gasteiger partial charge in [0.1, 0.15) is 23.7 Å². The van der Waals surface area contributed by atoms with Crippen LogP contribution in [0.4, 0.5) is 10.2 Å². The van der Waals surface area contributed by atoms with Crippen molar-refractivity contribution in [1.29, 1.82) is 5.26 Å². The molecule has 4 bridgehead atoms. The zero-order valence-electron chi connectivity index (χ0n) is 16.9. The number of pyridine rings is 1. The van der Waals surface area contributed by atoms with Gasteiger partial charge in [-0.05, 0) is 49.7 Å². The molecule has 2 N–H and O–H groups in total. The molecule has 0 spiro atoms. The van der Waals surface area contributed by atoms with E-state index < -0.39 is 6.10 Å². The van der Waals surface area contributed by atoms with Crippen LogP contribution in [0.25, 0.3) is 11.1 Å². The Morgan fingerprint density at radius 3 is 2.77 bits per heavy atom. The number of aryl methyl sites for hydroxylation is 1. The zero-order chi connectivity index (χ0) is 21.2. The van der Waals surface area contributed by atoms with Crippen molar-refractivity contribution in [1.82, 2.24) is 19.7 Å². The summed E-state index contributed by atoms with van der Waals surface area (Å²) in [5.41, 5.74) is 10.6. The van der Waals surface area contributed by atoms with Crippen molar-refractivity contribution in [3.05, 3.63) is 58.8 Å². The lowest BCUT2D eigenvalue weighted by Gasteiger charge is -2.47. The normalized spacial score (nSPS) is 22.4. The molecule has 3 aliphatic rings. The summed E-state index contributed by atoms with van der Waals surface area (Å²) in [4.78, 5) is 6.51. The smallest absolute Gasteiger partial charge is 0.166 e. The zero-order valence-corrected chi connectivity index (χ0v) is 16.9. The molecule has 152 valence electrons. The van der Waals surface area contributed by atoms with E-state index in [1.54, 1.807) is 24.0 Å². The molecule has 7 nitrogen and oxygen atoms in total. The Kier molecular flexibility index (Phi) is 4.05. The topological polar surface area (TPSA) is 93.0 Å². The third-order valence-electron chi connectivity index (χ3n) is 6.25. The van der Waals surface area contributed by atoms with Crippen LogP contribution >= 0.6 is 0 Å². The molecular formula is C22H21FN6O. The third kappa shape index (κ3) is 2.59. The Balaban J connectivity index is 1.77. The van der Waals surface area contributed by atoms with Crippen LogP contribution in [0.2, 0.25) is 0 Å². The Bertz CT molecular complexity index is 1210. The number of nitrogens with two attached hydrogens (primary N) is 1. The van der Waals surface area contributed by atoms with E-state index >= 15 is 0 Å². The maximum Gasteiger partial charge on any atom is 0.166 e. The van der Waals surface area contributed by atoms with Crippen LogP contribution in [0.5, 0.6) is 5.75 Å². The van der Waals surface area contributed by atoms with Gasteiger partial charge in [-0.15, -0.1) is 0 Å². The summed E-state index contributed by atoms with van der Waals surface area (Å²) >= 11 is 0. The van der Waals surface area contributed by atoms with Crippen LogP contribution in [0.3, 0.4) is 0 Å². The van der Waals surface area contributed by atoms with Crippen molar-refractivity contribution in [2.45, 2.75) is 31.5 Å². The van der Waals surface area contributed by atoms with Crippen molar-refractivity contribution < 1.29 is 9.13 Å². The van der Waals surface area contributed by atoms with Crippen LogP contribution in [-0.2, 0) is 7.05 Å². The van der Waals surface area contributed by atoms with Crippen LogP contribution < -0.4 is 10.5 Å². The van der Waals surface area contributed by atoms with Crippen molar-refractivity contribution in [2.24, 2.45) is 7.05 Å². The average molecular weight is 404 g/mol. The lowest BCUT2D eigenvalue weighted by Crippen LogP contribution is -2.42. The van der Waals surface area contributed by atoms with Gasteiger partial charge in [0.2, 0.25) is 0 Å². The fourth-order valence-corrected chi connectivity index (χ4v) is 4.61. The minimum absolute atomic E-state index is 0.0351.